The number of benzene rings is 1. The van der Waals surface area contributed by atoms with Crippen molar-refractivity contribution in [1.82, 2.24) is 4.90 Å². The molecule has 0 radical (unpaired) electrons. The summed E-state index contributed by atoms with van der Waals surface area (Å²) < 4.78 is 0. The maximum atomic E-state index is 11.7. The van der Waals surface area contributed by atoms with E-state index in [4.69, 9.17) is 34.8 Å². The molecule has 0 N–H and O–H groups in total. The molecule has 0 fully saturated rings. The summed E-state index contributed by atoms with van der Waals surface area (Å²) in [6.07, 6.45) is 3.06. The lowest BCUT2D eigenvalue weighted by atomic mass is 10.1. The number of hydrogen-bond donors (Lipinski definition) is 0. The van der Waals surface area contributed by atoms with Gasteiger partial charge in [-0.05, 0) is 12.1 Å². The van der Waals surface area contributed by atoms with Crippen LogP contribution in [-0.2, 0) is 0 Å². The lowest BCUT2D eigenvalue weighted by Crippen LogP contribution is -2.03. The highest BCUT2D eigenvalue weighted by molar-refractivity contribution is 6.49. The van der Waals surface area contributed by atoms with Gasteiger partial charge in [-0.1, -0.05) is 34.8 Å². The Hall–Kier alpha value is -0.700. The van der Waals surface area contributed by atoms with Gasteiger partial charge in [0, 0.05) is 31.9 Å². The number of hydrogen-bond acceptors (Lipinski definition) is 2. The number of ketones is 1. The summed E-state index contributed by atoms with van der Waals surface area (Å²) >= 11 is 17.5. The van der Waals surface area contributed by atoms with Crippen LogP contribution in [0.25, 0.3) is 0 Å². The number of nitrogens with zero attached hydrogens (tertiary/aromatic N) is 1. The van der Waals surface area contributed by atoms with Crippen LogP contribution < -0.4 is 0 Å². The monoisotopic (exact) mass is 277 g/mol. The third-order valence-electron chi connectivity index (χ3n) is 1.82. The third-order valence-corrected chi connectivity index (χ3v) is 3.12. The molecule has 0 saturated carbocycles. The van der Waals surface area contributed by atoms with Crippen LogP contribution in [-0.4, -0.2) is 24.8 Å². The topological polar surface area (TPSA) is 20.3 Å². The summed E-state index contributed by atoms with van der Waals surface area (Å²) in [5.74, 6) is -0.211. The number of allylic oxidation sites excluding steroid dienone is 1. The molecule has 5 heteroatoms. The van der Waals surface area contributed by atoms with Crippen molar-refractivity contribution >= 4 is 40.6 Å². The predicted molar refractivity (Wildman–Crippen MR) is 68.6 cm³/mol. The lowest BCUT2D eigenvalue weighted by Gasteiger charge is -2.05. The van der Waals surface area contributed by atoms with Gasteiger partial charge in [-0.15, -0.1) is 0 Å². The Morgan fingerprint density at radius 3 is 2.38 bits per heavy atom. The normalized spacial score (nSPS) is 10.8. The first kappa shape index (κ1) is 13.4. The molecule has 0 atom stereocenters. The molecule has 86 valence electrons. The van der Waals surface area contributed by atoms with E-state index < -0.39 is 0 Å². The Morgan fingerprint density at radius 1 is 1.19 bits per heavy atom. The fourth-order valence-electron chi connectivity index (χ4n) is 1.02. The van der Waals surface area contributed by atoms with Crippen molar-refractivity contribution in [2.24, 2.45) is 0 Å². The maximum Gasteiger partial charge on any atom is 0.188 e. The van der Waals surface area contributed by atoms with Gasteiger partial charge in [0.1, 0.15) is 0 Å². The standard InChI is InChI=1S/C11H10Cl3NO/c1-15(2)6-5-9(16)7-3-4-8(12)11(14)10(7)13/h3-6H,1-2H3/b6-5+. The maximum absolute atomic E-state index is 11.7. The Kier molecular flexibility index (Phi) is 4.66. The largest absolute Gasteiger partial charge is 0.383 e. The first-order chi connectivity index (χ1) is 7.43. The van der Waals surface area contributed by atoms with Crippen LogP contribution in [0.5, 0.6) is 0 Å². The minimum atomic E-state index is -0.211. The Balaban J connectivity index is 3.06. The van der Waals surface area contributed by atoms with Gasteiger partial charge < -0.3 is 4.90 Å². The molecule has 0 aliphatic heterocycles. The van der Waals surface area contributed by atoms with Crippen LogP contribution in [0.15, 0.2) is 24.4 Å². The van der Waals surface area contributed by atoms with Crippen molar-refractivity contribution < 1.29 is 4.79 Å². The predicted octanol–water partition coefficient (Wildman–Crippen LogP) is 3.90. The van der Waals surface area contributed by atoms with Gasteiger partial charge in [-0.25, -0.2) is 0 Å². The van der Waals surface area contributed by atoms with Gasteiger partial charge in [0.25, 0.3) is 0 Å². The molecule has 0 bridgehead atoms. The Labute approximate surface area is 109 Å². The van der Waals surface area contributed by atoms with Gasteiger partial charge >= 0.3 is 0 Å². The fourth-order valence-corrected chi connectivity index (χ4v) is 1.65. The summed E-state index contributed by atoms with van der Waals surface area (Å²) in [5, 5.41) is 0.717. The van der Waals surface area contributed by atoms with Gasteiger partial charge in [0.05, 0.1) is 15.1 Å². The molecular formula is C11H10Cl3NO. The van der Waals surface area contributed by atoms with Crippen LogP contribution in [0.3, 0.4) is 0 Å². The Morgan fingerprint density at radius 2 is 1.81 bits per heavy atom. The summed E-state index contributed by atoms with van der Waals surface area (Å²) in [6.45, 7) is 0. The molecule has 2 nitrogen and oxygen atoms in total. The van der Waals surface area contributed by atoms with E-state index in [0.717, 1.165) is 0 Å². The fraction of sp³-hybridized carbons (Fsp3) is 0.182. The van der Waals surface area contributed by atoms with E-state index in [2.05, 4.69) is 0 Å². The van der Waals surface area contributed by atoms with Gasteiger partial charge in [-0.2, -0.15) is 0 Å². The quantitative estimate of drug-likeness (QED) is 0.475. The van der Waals surface area contributed by atoms with Gasteiger partial charge in [0.15, 0.2) is 5.78 Å². The minimum absolute atomic E-state index is 0.183. The number of carbonyl (C=O) groups is 1. The summed E-state index contributed by atoms with van der Waals surface area (Å²) in [6, 6.07) is 3.10. The van der Waals surface area contributed by atoms with Crippen molar-refractivity contribution in [3.63, 3.8) is 0 Å². The van der Waals surface area contributed by atoms with Crippen LogP contribution in [0.4, 0.5) is 0 Å². The zero-order valence-electron chi connectivity index (χ0n) is 8.80. The third kappa shape index (κ3) is 3.14. The highest BCUT2D eigenvalue weighted by Gasteiger charge is 2.12. The number of rotatable bonds is 3. The number of carbonyl (C=O) groups excluding carboxylic acids is 1. The molecule has 0 amide bonds. The lowest BCUT2D eigenvalue weighted by molar-refractivity contribution is 0.104. The molecule has 0 aliphatic rings. The van der Waals surface area contributed by atoms with E-state index in [9.17, 15) is 4.79 Å². The summed E-state index contributed by atoms with van der Waals surface area (Å²) in [5.41, 5.74) is 0.342. The molecule has 0 saturated heterocycles. The highest BCUT2D eigenvalue weighted by atomic mass is 35.5. The van der Waals surface area contributed by atoms with Crippen molar-refractivity contribution in [1.29, 1.82) is 0 Å². The molecule has 1 aromatic carbocycles. The molecular weight excluding hydrogens is 268 g/mol. The van der Waals surface area contributed by atoms with Crippen molar-refractivity contribution in [2.75, 3.05) is 14.1 Å². The zero-order chi connectivity index (χ0) is 12.3. The van der Waals surface area contributed by atoms with Crippen LogP contribution in [0.2, 0.25) is 15.1 Å². The van der Waals surface area contributed by atoms with E-state index in [1.54, 1.807) is 23.2 Å². The second kappa shape index (κ2) is 5.58. The molecule has 0 spiro atoms. The molecule has 0 aliphatic carbocycles. The van der Waals surface area contributed by atoms with Crippen molar-refractivity contribution in [3.8, 4) is 0 Å². The Bertz CT molecular complexity index is 441. The van der Waals surface area contributed by atoms with E-state index >= 15 is 0 Å². The highest BCUT2D eigenvalue weighted by Crippen LogP contribution is 2.32. The van der Waals surface area contributed by atoms with Crippen molar-refractivity contribution in [2.45, 2.75) is 0 Å². The van der Waals surface area contributed by atoms with E-state index in [-0.39, 0.29) is 15.8 Å². The second-order valence-corrected chi connectivity index (χ2v) is 4.53. The summed E-state index contributed by atoms with van der Waals surface area (Å²) in [7, 11) is 3.64. The van der Waals surface area contributed by atoms with E-state index in [0.29, 0.717) is 10.6 Å². The molecule has 16 heavy (non-hydrogen) atoms. The number of halogens is 3. The smallest absolute Gasteiger partial charge is 0.188 e. The van der Waals surface area contributed by atoms with Crippen LogP contribution in [0.1, 0.15) is 10.4 Å². The van der Waals surface area contributed by atoms with Gasteiger partial charge in [0.2, 0.25) is 0 Å². The molecule has 1 aromatic rings. The summed E-state index contributed by atoms with van der Waals surface area (Å²) in [4.78, 5) is 13.5. The average molecular weight is 279 g/mol. The zero-order valence-corrected chi connectivity index (χ0v) is 11.1. The average Bonchev–Trinajstić information content (AvgIpc) is 2.23. The minimum Gasteiger partial charge on any atom is -0.383 e. The second-order valence-electron chi connectivity index (χ2n) is 3.37. The van der Waals surface area contributed by atoms with E-state index in [1.165, 1.54) is 6.08 Å². The van der Waals surface area contributed by atoms with Crippen molar-refractivity contribution in [3.05, 3.63) is 45.0 Å². The molecule has 1 rings (SSSR count). The SMILES string of the molecule is CN(C)/C=C/C(=O)c1ccc(Cl)c(Cl)c1Cl. The van der Waals surface area contributed by atoms with Crippen LogP contribution in [0, 0.1) is 0 Å². The first-order valence-corrected chi connectivity index (χ1v) is 5.59. The first-order valence-electron chi connectivity index (χ1n) is 4.46. The molecule has 0 heterocycles. The van der Waals surface area contributed by atoms with Gasteiger partial charge in [-0.3, -0.25) is 4.79 Å². The molecule has 0 aromatic heterocycles. The van der Waals surface area contributed by atoms with Crippen LogP contribution >= 0.6 is 34.8 Å². The van der Waals surface area contributed by atoms with E-state index in [1.807, 2.05) is 14.1 Å². The molecule has 0 unspecified atom stereocenters.